The Kier molecular flexibility index (Phi) is 7.86. The van der Waals surface area contributed by atoms with Crippen LogP contribution in [-0.2, 0) is 27.1 Å². The molecule has 0 saturated carbocycles. The Balaban J connectivity index is 1.40. The fourth-order valence-corrected chi connectivity index (χ4v) is 8.49. The third-order valence-electron chi connectivity index (χ3n) is 7.92. The molecule has 3 heterocycles. The number of carbonyl (C=O) groups is 3. The molecule has 4 aromatic rings. The molecule has 1 N–H and O–H groups in total. The van der Waals surface area contributed by atoms with Gasteiger partial charge in [-0.05, 0) is 48.9 Å². The number of nitrogens with zero attached hydrogens (tertiary/aromatic N) is 3. The zero-order chi connectivity index (χ0) is 32.2. The molecule has 8 nitrogen and oxygen atoms in total. The van der Waals surface area contributed by atoms with Crippen LogP contribution in [0.3, 0.4) is 0 Å². The number of nitrogens with one attached hydrogen (secondary N) is 1. The highest BCUT2D eigenvalue weighted by atomic mass is 32.2. The number of imide groups is 1. The number of aryl methyl sites for hydroxylation is 1. The zero-order valence-corrected chi connectivity index (χ0v) is 25.9. The van der Waals surface area contributed by atoms with E-state index < -0.39 is 57.7 Å². The normalized spacial score (nSPS) is 19.3. The number of hydrogen-bond donors (Lipinski definition) is 1. The van der Waals surface area contributed by atoms with Crippen LogP contribution in [0.2, 0.25) is 0 Å². The minimum Gasteiger partial charge on any atom is -0.378 e. The molecule has 1 fully saturated rings. The van der Waals surface area contributed by atoms with Crippen molar-refractivity contribution in [1.29, 1.82) is 0 Å². The lowest BCUT2D eigenvalue weighted by atomic mass is 9.83. The van der Waals surface area contributed by atoms with E-state index in [4.69, 9.17) is 0 Å². The highest BCUT2D eigenvalue weighted by molar-refractivity contribution is 8.00. The van der Waals surface area contributed by atoms with Crippen molar-refractivity contribution in [3.8, 4) is 0 Å². The Morgan fingerprint density at radius 3 is 2.24 bits per heavy atom. The molecule has 6 rings (SSSR count). The number of fused-ring (bicyclic) bond motifs is 2. The van der Waals surface area contributed by atoms with Crippen LogP contribution in [0.4, 0.5) is 30.2 Å². The Hall–Kier alpha value is -4.36. The van der Waals surface area contributed by atoms with Gasteiger partial charge in [0.15, 0.2) is 0 Å². The molecule has 3 atom stereocenters. The average molecular weight is 653 g/mol. The van der Waals surface area contributed by atoms with E-state index in [1.807, 2.05) is 62.3 Å². The zero-order valence-electron chi connectivity index (χ0n) is 24.3. The maximum Gasteiger partial charge on any atom is 0.418 e. The molecule has 2 aliphatic heterocycles. The van der Waals surface area contributed by atoms with Crippen LogP contribution >= 0.6 is 23.1 Å². The summed E-state index contributed by atoms with van der Waals surface area (Å²) >= 11 is 1.92. The molecule has 0 aliphatic carbocycles. The molecule has 1 saturated heterocycles. The summed E-state index contributed by atoms with van der Waals surface area (Å²) < 4.78 is 41.8. The number of para-hydroxylation sites is 1. The molecule has 1 aromatic heterocycles. The maximum absolute atomic E-state index is 14.0. The van der Waals surface area contributed by atoms with Gasteiger partial charge in [0.1, 0.15) is 11.8 Å². The van der Waals surface area contributed by atoms with Gasteiger partial charge < -0.3 is 10.2 Å². The van der Waals surface area contributed by atoms with Gasteiger partial charge in [0.25, 0.3) is 0 Å². The lowest BCUT2D eigenvalue weighted by molar-refractivity contribution is -0.137. The summed E-state index contributed by atoms with van der Waals surface area (Å²) in [5.74, 6) is -3.14. The first-order chi connectivity index (χ1) is 21.3. The lowest BCUT2D eigenvalue weighted by Crippen LogP contribution is -2.33. The molecule has 232 valence electrons. The number of hydrogen-bond acceptors (Lipinski definition) is 7. The van der Waals surface area contributed by atoms with Gasteiger partial charge in [-0.3, -0.25) is 23.7 Å². The molecule has 3 amide bonds. The fourth-order valence-electron chi connectivity index (χ4n) is 5.72. The molecule has 3 aromatic carbocycles. The van der Waals surface area contributed by atoms with Crippen molar-refractivity contribution in [2.24, 2.45) is 5.92 Å². The SMILES string of the molecule is Cc1ccc(N2C(=O)[C@H]3[C@H](c4ccc(N(C)C)cc4)c4sc(=O)n(CC(=O)Nc5ccccc5C(F)(F)F)c4S[C@H]3C2=O)cc1. The van der Waals surface area contributed by atoms with Crippen molar-refractivity contribution in [2.75, 3.05) is 29.2 Å². The smallest absolute Gasteiger partial charge is 0.378 e. The van der Waals surface area contributed by atoms with Crippen LogP contribution in [-0.4, -0.2) is 41.6 Å². The Morgan fingerprint density at radius 1 is 0.933 bits per heavy atom. The summed E-state index contributed by atoms with van der Waals surface area (Å²) in [6.07, 6.45) is -4.69. The predicted molar refractivity (Wildman–Crippen MR) is 168 cm³/mol. The second-order valence-corrected chi connectivity index (χ2v) is 13.2. The van der Waals surface area contributed by atoms with Crippen LogP contribution in [0.25, 0.3) is 0 Å². The molecule has 13 heteroatoms. The predicted octanol–water partition coefficient (Wildman–Crippen LogP) is 5.74. The quantitative estimate of drug-likeness (QED) is 0.268. The second-order valence-electron chi connectivity index (χ2n) is 11.1. The number of thioether (sulfide) groups is 1. The molecule has 0 spiro atoms. The van der Waals surface area contributed by atoms with Crippen LogP contribution in [0.5, 0.6) is 0 Å². The molecule has 0 bridgehead atoms. The summed E-state index contributed by atoms with van der Waals surface area (Å²) in [7, 11) is 3.78. The van der Waals surface area contributed by atoms with Crippen molar-refractivity contribution in [3.05, 3.63) is 104 Å². The summed E-state index contributed by atoms with van der Waals surface area (Å²) in [4.78, 5) is 57.5. The van der Waals surface area contributed by atoms with E-state index in [9.17, 15) is 32.3 Å². The van der Waals surface area contributed by atoms with E-state index >= 15 is 0 Å². The van der Waals surface area contributed by atoms with Crippen molar-refractivity contribution in [3.63, 3.8) is 0 Å². The maximum atomic E-state index is 14.0. The lowest BCUT2D eigenvalue weighted by Gasteiger charge is -2.31. The van der Waals surface area contributed by atoms with E-state index in [0.717, 1.165) is 52.0 Å². The Labute approximate surface area is 264 Å². The third-order valence-corrected chi connectivity index (χ3v) is 10.5. The van der Waals surface area contributed by atoms with E-state index in [-0.39, 0.29) is 5.91 Å². The largest absolute Gasteiger partial charge is 0.418 e. The Morgan fingerprint density at radius 2 is 1.60 bits per heavy atom. The first kappa shape index (κ1) is 30.7. The Bertz CT molecular complexity index is 1870. The first-order valence-corrected chi connectivity index (χ1v) is 15.6. The molecule has 45 heavy (non-hydrogen) atoms. The van der Waals surface area contributed by atoms with Gasteiger partial charge in [0.2, 0.25) is 17.7 Å². The second kappa shape index (κ2) is 11.5. The highest BCUT2D eigenvalue weighted by Gasteiger charge is 2.56. The van der Waals surface area contributed by atoms with E-state index in [1.54, 1.807) is 12.1 Å². The molecular formula is C32H27F3N4O4S2. The van der Waals surface area contributed by atoms with Crippen LogP contribution < -0.4 is 20.0 Å². The van der Waals surface area contributed by atoms with Crippen LogP contribution in [0.1, 0.15) is 27.5 Å². The molecular weight excluding hydrogens is 626 g/mol. The number of benzene rings is 3. The summed E-state index contributed by atoms with van der Waals surface area (Å²) in [6.45, 7) is 1.33. The fraction of sp³-hybridized carbons (Fsp3) is 0.250. The van der Waals surface area contributed by atoms with Gasteiger partial charge in [-0.2, -0.15) is 13.2 Å². The number of alkyl halides is 3. The van der Waals surface area contributed by atoms with Crippen LogP contribution in [0, 0.1) is 12.8 Å². The average Bonchev–Trinajstić information content (AvgIpc) is 3.43. The van der Waals surface area contributed by atoms with Crippen molar-refractivity contribution >= 4 is 57.9 Å². The monoisotopic (exact) mass is 652 g/mol. The summed E-state index contributed by atoms with van der Waals surface area (Å²) in [5.41, 5.74) is 1.60. The molecule has 2 aliphatic rings. The van der Waals surface area contributed by atoms with E-state index in [0.29, 0.717) is 15.6 Å². The van der Waals surface area contributed by atoms with Gasteiger partial charge in [0.05, 0.1) is 27.9 Å². The van der Waals surface area contributed by atoms with Gasteiger partial charge in [-0.15, -0.1) is 0 Å². The third kappa shape index (κ3) is 5.54. The number of amides is 3. The van der Waals surface area contributed by atoms with Crippen molar-refractivity contribution < 1.29 is 27.6 Å². The topological polar surface area (TPSA) is 91.7 Å². The van der Waals surface area contributed by atoms with Gasteiger partial charge in [-0.1, -0.05) is 65.1 Å². The highest BCUT2D eigenvalue weighted by Crippen LogP contribution is 2.54. The van der Waals surface area contributed by atoms with Crippen LogP contribution in [0.15, 0.2) is 82.6 Å². The first-order valence-electron chi connectivity index (χ1n) is 13.9. The number of rotatable bonds is 6. The number of anilines is 3. The summed E-state index contributed by atoms with van der Waals surface area (Å²) in [5, 5.41) is 1.74. The number of halogens is 3. The van der Waals surface area contributed by atoms with E-state index in [2.05, 4.69) is 5.32 Å². The number of aromatic nitrogens is 1. The minimum atomic E-state index is -4.69. The summed E-state index contributed by atoms with van der Waals surface area (Å²) in [6, 6.07) is 19.1. The number of carbonyl (C=O) groups excluding carboxylic acids is 3. The van der Waals surface area contributed by atoms with Crippen molar-refractivity contribution in [1.82, 2.24) is 4.57 Å². The molecule has 0 unspecified atom stereocenters. The molecule has 0 radical (unpaired) electrons. The standard InChI is InChI=1S/C32H27F3N4O4S2/c1-17-8-12-20(13-9-17)39-28(41)25-24(18-10-14-19(15-11-18)37(2)3)27-30(44-26(25)29(39)42)38(31(43)45-27)16-23(40)36-22-7-5-4-6-21(22)32(33,34)35/h4-15,24-26H,16H2,1-3H3,(H,36,40)/t24-,25-,26+/m0/s1. The minimum absolute atomic E-state index is 0.346. The van der Waals surface area contributed by atoms with Crippen molar-refractivity contribution in [2.45, 2.75) is 35.8 Å². The number of thiazole rings is 1. The van der Waals surface area contributed by atoms with Gasteiger partial charge in [-0.25, -0.2) is 4.90 Å². The van der Waals surface area contributed by atoms with E-state index in [1.165, 1.54) is 21.6 Å². The van der Waals surface area contributed by atoms with Gasteiger partial charge in [0, 0.05) is 30.6 Å². The van der Waals surface area contributed by atoms with Gasteiger partial charge >= 0.3 is 11.0 Å².